The van der Waals surface area contributed by atoms with Crippen molar-refractivity contribution in [3.63, 3.8) is 0 Å². The number of benzene rings is 1. The first-order valence-corrected chi connectivity index (χ1v) is 6.54. The number of amides is 2. The molecule has 7 heteroatoms. The third-order valence-electron chi connectivity index (χ3n) is 3.53. The highest BCUT2D eigenvalue weighted by Gasteiger charge is 2.53. The van der Waals surface area contributed by atoms with Gasteiger partial charge in [0.05, 0.1) is 18.7 Å². The van der Waals surface area contributed by atoms with Crippen LogP contribution in [-0.2, 0) is 16.1 Å². The van der Waals surface area contributed by atoms with Crippen LogP contribution in [0.5, 0.6) is 0 Å². The SMILES string of the molecule is NC(=O)C1(CN2Cc3c(Br)ccc(N)c3C2=O)CO1. The first-order chi connectivity index (χ1) is 8.94. The quantitative estimate of drug-likeness (QED) is 0.614. The molecule has 2 amide bonds. The molecule has 1 unspecified atom stereocenters. The van der Waals surface area contributed by atoms with E-state index in [1.165, 1.54) is 0 Å². The predicted octanol–water partition coefficient (Wildman–Crippen LogP) is 0.241. The van der Waals surface area contributed by atoms with Gasteiger partial charge in [-0.15, -0.1) is 0 Å². The van der Waals surface area contributed by atoms with E-state index in [-0.39, 0.29) is 19.1 Å². The second-order valence-corrected chi connectivity index (χ2v) is 5.65. The second-order valence-electron chi connectivity index (χ2n) is 4.80. The van der Waals surface area contributed by atoms with E-state index in [4.69, 9.17) is 16.2 Å². The summed E-state index contributed by atoms with van der Waals surface area (Å²) in [5.74, 6) is -0.729. The summed E-state index contributed by atoms with van der Waals surface area (Å²) in [5, 5.41) is 0. The maximum absolute atomic E-state index is 12.3. The highest BCUT2D eigenvalue weighted by atomic mass is 79.9. The lowest BCUT2D eigenvalue weighted by atomic mass is 10.1. The normalized spacial score (nSPS) is 24.5. The van der Waals surface area contributed by atoms with E-state index in [2.05, 4.69) is 15.9 Å². The highest BCUT2D eigenvalue weighted by molar-refractivity contribution is 9.10. The van der Waals surface area contributed by atoms with Crippen LogP contribution >= 0.6 is 15.9 Å². The van der Waals surface area contributed by atoms with Gasteiger partial charge in [-0.25, -0.2) is 0 Å². The Morgan fingerprint density at radius 1 is 1.53 bits per heavy atom. The average molecular weight is 326 g/mol. The zero-order chi connectivity index (χ0) is 13.8. The van der Waals surface area contributed by atoms with Crippen molar-refractivity contribution in [3.05, 3.63) is 27.7 Å². The number of ether oxygens (including phenoxy) is 1. The third kappa shape index (κ3) is 1.81. The molecule has 0 aliphatic carbocycles. The molecule has 19 heavy (non-hydrogen) atoms. The maximum atomic E-state index is 12.3. The third-order valence-corrected chi connectivity index (χ3v) is 4.27. The van der Waals surface area contributed by atoms with Gasteiger partial charge in [-0.05, 0) is 12.1 Å². The van der Waals surface area contributed by atoms with Gasteiger partial charge in [0.1, 0.15) is 0 Å². The van der Waals surface area contributed by atoms with Crippen molar-refractivity contribution in [2.45, 2.75) is 12.1 Å². The molecule has 0 spiro atoms. The standard InChI is InChI=1S/C12H12BrN3O3/c13-7-1-2-8(14)9-6(7)3-16(10(9)17)4-12(5-19-12)11(15)18/h1-2H,3-5,14H2,(H2,15,18). The fourth-order valence-corrected chi connectivity index (χ4v) is 2.76. The van der Waals surface area contributed by atoms with Gasteiger partial charge in [-0.3, -0.25) is 9.59 Å². The van der Waals surface area contributed by atoms with Gasteiger partial charge >= 0.3 is 0 Å². The number of carbonyl (C=O) groups is 2. The lowest BCUT2D eigenvalue weighted by molar-refractivity contribution is -0.123. The second kappa shape index (κ2) is 3.94. The van der Waals surface area contributed by atoms with E-state index in [1.54, 1.807) is 11.0 Å². The first kappa shape index (κ1) is 12.4. The molecule has 0 aromatic heterocycles. The van der Waals surface area contributed by atoms with Crippen molar-refractivity contribution in [1.29, 1.82) is 0 Å². The largest absolute Gasteiger partial charge is 0.398 e. The molecular formula is C12H12BrN3O3. The van der Waals surface area contributed by atoms with Gasteiger partial charge in [0.15, 0.2) is 5.60 Å². The molecule has 1 fully saturated rings. The predicted molar refractivity (Wildman–Crippen MR) is 71.2 cm³/mol. The molecule has 3 rings (SSSR count). The van der Waals surface area contributed by atoms with Gasteiger partial charge in [0.2, 0.25) is 0 Å². The highest BCUT2D eigenvalue weighted by Crippen LogP contribution is 2.36. The van der Waals surface area contributed by atoms with Crippen molar-refractivity contribution in [2.24, 2.45) is 5.73 Å². The Morgan fingerprint density at radius 3 is 2.74 bits per heavy atom. The summed E-state index contributed by atoms with van der Waals surface area (Å²) in [6, 6.07) is 3.49. The van der Waals surface area contributed by atoms with E-state index in [9.17, 15) is 9.59 Å². The molecule has 0 bridgehead atoms. The molecular weight excluding hydrogens is 314 g/mol. The Morgan fingerprint density at radius 2 is 2.21 bits per heavy atom. The van der Waals surface area contributed by atoms with Crippen LogP contribution in [0.4, 0.5) is 5.69 Å². The minimum absolute atomic E-state index is 0.168. The van der Waals surface area contributed by atoms with Crippen LogP contribution in [0.1, 0.15) is 15.9 Å². The van der Waals surface area contributed by atoms with Crippen LogP contribution in [0.15, 0.2) is 16.6 Å². The van der Waals surface area contributed by atoms with E-state index in [0.29, 0.717) is 17.8 Å². The average Bonchev–Trinajstić information content (AvgIpc) is 3.06. The zero-order valence-electron chi connectivity index (χ0n) is 9.98. The summed E-state index contributed by atoms with van der Waals surface area (Å²) < 4.78 is 5.95. The molecule has 1 saturated heterocycles. The maximum Gasteiger partial charge on any atom is 0.256 e. The first-order valence-electron chi connectivity index (χ1n) is 5.74. The van der Waals surface area contributed by atoms with Crippen LogP contribution in [0.25, 0.3) is 0 Å². The van der Waals surface area contributed by atoms with E-state index < -0.39 is 11.5 Å². The number of nitrogens with zero attached hydrogens (tertiary/aromatic N) is 1. The van der Waals surface area contributed by atoms with Gasteiger partial charge in [0, 0.05) is 22.3 Å². The number of carbonyl (C=O) groups excluding carboxylic acids is 2. The minimum Gasteiger partial charge on any atom is -0.398 e. The van der Waals surface area contributed by atoms with Crippen molar-refractivity contribution in [1.82, 2.24) is 4.90 Å². The number of anilines is 1. The number of nitrogens with two attached hydrogens (primary N) is 2. The van der Waals surface area contributed by atoms with Crippen LogP contribution in [-0.4, -0.2) is 35.5 Å². The van der Waals surface area contributed by atoms with Crippen LogP contribution in [0.2, 0.25) is 0 Å². The topological polar surface area (TPSA) is 102 Å². The van der Waals surface area contributed by atoms with Crippen LogP contribution < -0.4 is 11.5 Å². The van der Waals surface area contributed by atoms with Crippen LogP contribution in [0, 0.1) is 0 Å². The fraction of sp³-hybridized carbons (Fsp3) is 0.333. The Labute approximate surface area is 117 Å². The molecule has 1 aromatic rings. The molecule has 0 saturated carbocycles. The molecule has 2 aliphatic heterocycles. The van der Waals surface area contributed by atoms with Crippen molar-refractivity contribution < 1.29 is 14.3 Å². The molecule has 1 aromatic carbocycles. The smallest absolute Gasteiger partial charge is 0.256 e. The van der Waals surface area contributed by atoms with Gasteiger partial charge in [0.25, 0.3) is 11.8 Å². The molecule has 100 valence electrons. The van der Waals surface area contributed by atoms with Crippen molar-refractivity contribution in [3.8, 4) is 0 Å². The lowest BCUT2D eigenvalue weighted by Gasteiger charge is -2.18. The molecule has 2 heterocycles. The summed E-state index contributed by atoms with van der Waals surface area (Å²) in [4.78, 5) is 25.2. The molecule has 4 N–H and O–H groups in total. The number of hydrogen-bond donors (Lipinski definition) is 2. The zero-order valence-corrected chi connectivity index (χ0v) is 11.6. The Hall–Kier alpha value is -1.60. The number of nitrogen functional groups attached to an aromatic ring is 1. The Bertz CT molecular complexity index is 598. The number of hydrogen-bond acceptors (Lipinski definition) is 4. The van der Waals surface area contributed by atoms with E-state index in [1.807, 2.05) is 6.07 Å². The monoisotopic (exact) mass is 325 g/mol. The van der Waals surface area contributed by atoms with E-state index >= 15 is 0 Å². The van der Waals surface area contributed by atoms with Crippen molar-refractivity contribution in [2.75, 3.05) is 18.9 Å². The molecule has 1 atom stereocenters. The molecule has 0 radical (unpaired) electrons. The van der Waals surface area contributed by atoms with Gasteiger partial charge in [-0.1, -0.05) is 15.9 Å². The van der Waals surface area contributed by atoms with Crippen molar-refractivity contribution >= 4 is 33.4 Å². The molecule has 2 aliphatic rings. The summed E-state index contributed by atoms with van der Waals surface area (Å²) in [6.45, 7) is 0.832. The fourth-order valence-electron chi connectivity index (χ4n) is 2.30. The summed E-state index contributed by atoms with van der Waals surface area (Å²) >= 11 is 3.40. The van der Waals surface area contributed by atoms with Gasteiger partial charge < -0.3 is 21.1 Å². The lowest BCUT2D eigenvalue weighted by Crippen LogP contribution is -2.43. The number of primary amides is 1. The number of fused-ring (bicyclic) bond motifs is 1. The number of epoxide rings is 1. The van der Waals surface area contributed by atoms with Gasteiger partial charge in [-0.2, -0.15) is 0 Å². The Balaban J connectivity index is 1.90. The summed E-state index contributed by atoms with van der Waals surface area (Å²) in [6.07, 6.45) is 0. The van der Waals surface area contributed by atoms with E-state index in [0.717, 1.165) is 10.0 Å². The summed E-state index contributed by atoms with van der Waals surface area (Å²) in [5.41, 5.74) is 11.9. The summed E-state index contributed by atoms with van der Waals surface area (Å²) in [7, 11) is 0. The molecule has 6 nitrogen and oxygen atoms in total. The Kier molecular flexibility index (Phi) is 2.58. The number of rotatable bonds is 3. The minimum atomic E-state index is -1.01. The number of halogens is 1. The van der Waals surface area contributed by atoms with Crippen LogP contribution in [0.3, 0.4) is 0 Å².